The zero-order valence-corrected chi connectivity index (χ0v) is 16.4. The van der Waals surface area contributed by atoms with E-state index < -0.39 is 5.91 Å². The highest BCUT2D eigenvalue weighted by Gasteiger charge is 2.18. The maximum absolute atomic E-state index is 12.2. The van der Waals surface area contributed by atoms with E-state index in [1.165, 1.54) is 23.1 Å². The molecule has 0 aliphatic carbocycles. The van der Waals surface area contributed by atoms with Crippen LogP contribution in [0.3, 0.4) is 0 Å². The highest BCUT2D eigenvalue weighted by molar-refractivity contribution is 7.99. The molecule has 0 aliphatic heterocycles. The molecule has 3 aromatic rings. The van der Waals surface area contributed by atoms with E-state index in [1.807, 2.05) is 41.9 Å². The first-order valence-electron chi connectivity index (χ1n) is 7.75. The van der Waals surface area contributed by atoms with Crippen molar-refractivity contribution in [2.75, 3.05) is 5.75 Å². The number of thiophene rings is 2. The fourth-order valence-corrected chi connectivity index (χ4v) is 4.50. The van der Waals surface area contributed by atoms with Crippen molar-refractivity contribution in [1.29, 1.82) is 0 Å². The Kier molecular flexibility index (Phi) is 6.07. The summed E-state index contributed by atoms with van der Waals surface area (Å²) in [6.45, 7) is 1.91. The smallest absolute Gasteiger partial charge is 0.237 e. The Labute approximate surface area is 162 Å². The van der Waals surface area contributed by atoms with E-state index in [0.29, 0.717) is 11.0 Å². The second-order valence-electron chi connectivity index (χ2n) is 5.43. The van der Waals surface area contributed by atoms with Crippen molar-refractivity contribution in [3.63, 3.8) is 0 Å². The molecule has 0 bridgehead atoms. The third-order valence-corrected chi connectivity index (χ3v) is 6.34. The van der Waals surface area contributed by atoms with Crippen LogP contribution in [0.15, 0.2) is 40.2 Å². The molecule has 26 heavy (non-hydrogen) atoms. The van der Waals surface area contributed by atoms with Gasteiger partial charge in [-0.05, 0) is 29.8 Å². The van der Waals surface area contributed by atoms with Gasteiger partial charge < -0.3 is 11.1 Å². The van der Waals surface area contributed by atoms with Crippen molar-refractivity contribution in [1.82, 2.24) is 20.1 Å². The summed E-state index contributed by atoms with van der Waals surface area (Å²) in [5.41, 5.74) is 5.35. The van der Waals surface area contributed by atoms with Crippen LogP contribution in [0.2, 0.25) is 0 Å². The van der Waals surface area contributed by atoms with E-state index in [0.717, 1.165) is 9.75 Å². The van der Waals surface area contributed by atoms with Gasteiger partial charge in [-0.1, -0.05) is 23.9 Å². The van der Waals surface area contributed by atoms with Crippen LogP contribution >= 0.6 is 34.4 Å². The first-order chi connectivity index (χ1) is 12.5. The lowest BCUT2D eigenvalue weighted by atomic mass is 10.3. The van der Waals surface area contributed by atoms with Gasteiger partial charge in [0.2, 0.25) is 11.8 Å². The Morgan fingerprint density at radius 1 is 1.27 bits per heavy atom. The summed E-state index contributed by atoms with van der Waals surface area (Å²) in [7, 11) is 0. The summed E-state index contributed by atoms with van der Waals surface area (Å²) in [5.74, 6) is 0.160. The van der Waals surface area contributed by atoms with Crippen molar-refractivity contribution in [2.45, 2.75) is 24.7 Å². The van der Waals surface area contributed by atoms with E-state index in [9.17, 15) is 9.59 Å². The molecule has 3 aromatic heterocycles. The third-order valence-electron chi connectivity index (χ3n) is 3.45. The fourth-order valence-electron chi connectivity index (χ4n) is 2.30. The molecule has 136 valence electrons. The van der Waals surface area contributed by atoms with E-state index in [1.54, 1.807) is 15.9 Å². The number of carbonyl (C=O) groups is 2. The molecule has 0 unspecified atom stereocenters. The van der Waals surface area contributed by atoms with Crippen LogP contribution in [0.4, 0.5) is 0 Å². The van der Waals surface area contributed by atoms with Crippen molar-refractivity contribution in [2.24, 2.45) is 5.73 Å². The first kappa shape index (κ1) is 18.6. The van der Waals surface area contributed by atoms with E-state index in [-0.39, 0.29) is 24.2 Å². The second-order valence-corrected chi connectivity index (χ2v) is 8.30. The topological polar surface area (TPSA) is 103 Å². The summed E-state index contributed by atoms with van der Waals surface area (Å²) >= 11 is 4.33. The highest BCUT2D eigenvalue weighted by Crippen LogP contribution is 2.27. The van der Waals surface area contributed by atoms with Gasteiger partial charge in [0.05, 0.1) is 16.7 Å². The van der Waals surface area contributed by atoms with Crippen LogP contribution in [-0.2, 0) is 16.1 Å². The van der Waals surface area contributed by atoms with Crippen molar-refractivity contribution >= 4 is 46.2 Å². The van der Waals surface area contributed by atoms with Gasteiger partial charge in [0.15, 0.2) is 11.0 Å². The fraction of sp³-hybridized carbons (Fsp3) is 0.250. The van der Waals surface area contributed by atoms with Gasteiger partial charge in [-0.2, -0.15) is 0 Å². The first-order valence-corrected chi connectivity index (χ1v) is 10.5. The van der Waals surface area contributed by atoms with Crippen LogP contribution in [0.1, 0.15) is 17.8 Å². The molecule has 3 heterocycles. The molecule has 0 fully saturated rings. The molecule has 2 amide bonds. The molecule has 0 aromatic carbocycles. The number of nitrogens with zero attached hydrogens (tertiary/aromatic N) is 3. The molecule has 7 nitrogen and oxygen atoms in total. The monoisotopic (exact) mass is 407 g/mol. The minimum absolute atomic E-state index is 0.0320. The normalized spacial score (nSPS) is 12.0. The quantitative estimate of drug-likeness (QED) is 0.559. The van der Waals surface area contributed by atoms with Crippen LogP contribution in [0.5, 0.6) is 0 Å². The standard InChI is InChI=1S/C16H17N5O2S3/c1-10(11-4-2-6-24-11)18-14(23)9-26-16-20-19-15(12-5-3-7-25-12)21(16)8-13(17)22/h2-7,10H,8-9H2,1H3,(H2,17,22)(H,18,23)/t10-/m1/s1. The van der Waals surface area contributed by atoms with Crippen LogP contribution < -0.4 is 11.1 Å². The van der Waals surface area contributed by atoms with Crippen LogP contribution in [0.25, 0.3) is 10.7 Å². The van der Waals surface area contributed by atoms with E-state index in [2.05, 4.69) is 15.5 Å². The number of aromatic nitrogens is 3. The van der Waals surface area contributed by atoms with Gasteiger partial charge in [-0.15, -0.1) is 32.9 Å². The SMILES string of the molecule is C[C@@H](NC(=O)CSc1nnc(-c2cccs2)n1CC(N)=O)c1cccs1. The van der Waals surface area contributed by atoms with E-state index in [4.69, 9.17) is 5.73 Å². The largest absolute Gasteiger partial charge is 0.368 e. The molecular formula is C16H17N5O2S3. The van der Waals surface area contributed by atoms with Crippen LogP contribution in [-0.4, -0.2) is 32.3 Å². The van der Waals surface area contributed by atoms with Crippen molar-refractivity contribution in [3.8, 4) is 10.7 Å². The molecule has 3 N–H and O–H groups in total. The lowest BCUT2D eigenvalue weighted by Crippen LogP contribution is -2.28. The number of hydrogen-bond donors (Lipinski definition) is 2. The van der Waals surface area contributed by atoms with Gasteiger partial charge >= 0.3 is 0 Å². The molecule has 1 atom stereocenters. The molecule has 0 spiro atoms. The van der Waals surface area contributed by atoms with Crippen molar-refractivity contribution < 1.29 is 9.59 Å². The Morgan fingerprint density at radius 3 is 2.69 bits per heavy atom. The number of rotatable bonds is 8. The molecule has 0 radical (unpaired) electrons. The Bertz CT molecular complexity index is 874. The predicted molar refractivity (Wildman–Crippen MR) is 104 cm³/mol. The molecule has 3 rings (SSSR count). The molecule has 0 aliphatic rings. The Morgan fingerprint density at radius 2 is 2.04 bits per heavy atom. The number of carbonyl (C=O) groups excluding carboxylic acids is 2. The second kappa shape index (κ2) is 8.47. The number of nitrogens with two attached hydrogens (primary N) is 1. The van der Waals surface area contributed by atoms with Gasteiger partial charge in [0, 0.05) is 4.88 Å². The third kappa shape index (κ3) is 4.51. The maximum Gasteiger partial charge on any atom is 0.237 e. The summed E-state index contributed by atoms with van der Waals surface area (Å²) in [6.07, 6.45) is 0. The average Bonchev–Trinajstić information content (AvgIpc) is 3.34. The summed E-state index contributed by atoms with van der Waals surface area (Å²) < 4.78 is 1.65. The van der Waals surface area contributed by atoms with Gasteiger partial charge in [0.25, 0.3) is 0 Å². The minimum Gasteiger partial charge on any atom is -0.368 e. The summed E-state index contributed by atoms with van der Waals surface area (Å²) in [5, 5.41) is 15.6. The minimum atomic E-state index is -0.486. The predicted octanol–water partition coefficient (Wildman–Crippen LogP) is 2.52. The lowest BCUT2D eigenvalue weighted by Gasteiger charge is -2.12. The molecular weight excluding hydrogens is 390 g/mol. The number of thioether (sulfide) groups is 1. The maximum atomic E-state index is 12.2. The summed E-state index contributed by atoms with van der Waals surface area (Å²) in [4.78, 5) is 25.6. The number of primary amides is 1. The zero-order valence-electron chi connectivity index (χ0n) is 13.9. The van der Waals surface area contributed by atoms with Crippen molar-refractivity contribution in [3.05, 3.63) is 39.9 Å². The highest BCUT2D eigenvalue weighted by atomic mass is 32.2. The average molecular weight is 408 g/mol. The molecule has 10 heteroatoms. The molecule has 0 saturated heterocycles. The van der Waals surface area contributed by atoms with Gasteiger partial charge in [-0.3, -0.25) is 14.2 Å². The Hall–Kier alpha value is -2.17. The number of amides is 2. The Balaban J connectivity index is 1.67. The van der Waals surface area contributed by atoms with Crippen LogP contribution in [0, 0.1) is 0 Å². The number of hydrogen-bond acceptors (Lipinski definition) is 7. The van der Waals surface area contributed by atoms with Gasteiger partial charge in [0.1, 0.15) is 6.54 Å². The lowest BCUT2D eigenvalue weighted by molar-refractivity contribution is -0.119. The van der Waals surface area contributed by atoms with E-state index >= 15 is 0 Å². The summed E-state index contributed by atoms with van der Waals surface area (Å²) in [6, 6.07) is 7.69. The molecule has 0 saturated carbocycles. The van der Waals surface area contributed by atoms with Gasteiger partial charge in [-0.25, -0.2) is 0 Å². The zero-order chi connectivity index (χ0) is 18.5. The number of nitrogens with one attached hydrogen (secondary N) is 1.